The van der Waals surface area contributed by atoms with Crippen LogP contribution in [-0.4, -0.2) is 184 Å². The summed E-state index contributed by atoms with van der Waals surface area (Å²) in [4.78, 5) is 0. The Hall–Kier alpha value is -0.820. The minimum Gasteiger partial charge on any atom is -0.394 e. The Balaban J connectivity index is 1.94. The minimum atomic E-state index is -5.46. The minimum absolute atomic E-state index is 0.847. The fourth-order valence-electron chi connectivity index (χ4n) is 4.41. The number of ether oxygens (including phenoxy) is 5. The summed E-state index contributed by atoms with van der Waals surface area (Å²) in [7, 11) is -10.9. The number of rotatable bonds is 11. The summed E-state index contributed by atoms with van der Waals surface area (Å²) in [6.07, 6.45) is -30.5. The molecular formula is C18H32O22S2. The van der Waals surface area contributed by atoms with Crippen molar-refractivity contribution in [2.75, 3.05) is 19.8 Å². The molecule has 0 aliphatic carbocycles. The molecule has 0 bridgehead atoms. The van der Waals surface area contributed by atoms with Crippen molar-refractivity contribution in [1.29, 1.82) is 0 Å². The van der Waals surface area contributed by atoms with Gasteiger partial charge in [-0.25, -0.2) is 8.37 Å². The lowest BCUT2D eigenvalue weighted by molar-refractivity contribution is -0.358. The molecule has 3 aliphatic rings. The van der Waals surface area contributed by atoms with E-state index in [-0.39, 0.29) is 0 Å². The van der Waals surface area contributed by atoms with Gasteiger partial charge in [0, 0.05) is 0 Å². The van der Waals surface area contributed by atoms with Gasteiger partial charge in [-0.3, -0.25) is 9.11 Å². The van der Waals surface area contributed by atoms with Crippen molar-refractivity contribution in [3.63, 3.8) is 0 Å². The highest BCUT2D eigenvalue weighted by atomic mass is 32.3. The number of aliphatic hydroxyl groups excluding tert-OH is 9. The third-order valence-corrected chi connectivity index (χ3v) is 7.42. The first-order chi connectivity index (χ1) is 19.4. The average molecular weight is 665 g/mol. The highest BCUT2D eigenvalue weighted by molar-refractivity contribution is 7.81. The monoisotopic (exact) mass is 664 g/mol. The number of aliphatic hydroxyl groups is 9. The van der Waals surface area contributed by atoms with Crippen LogP contribution in [0.3, 0.4) is 0 Å². The van der Waals surface area contributed by atoms with Crippen LogP contribution < -0.4 is 0 Å². The largest absolute Gasteiger partial charge is 0.397 e. The zero-order valence-electron chi connectivity index (χ0n) is 21.0. The van der Waals surface area contributed by atoms with Crippen molar-refractivity contribution in [3.8, 4) is 0 Å². The van der Waals surface area contributed by atoms with Crippen LogP contribution in [0.15, 0.2) is 0 Å². The van der Waals surface area contributed by atoms with Crippen LogP contribution in [0, 0.1) is 0 Å². The molecular weight excluding hydrogens is 632 g/mol. The predicted molar refractivity (Wildman–Crippen MR) is 122 cm³/mol. The molecule has 0 amide bonds. The first kappa shape index (κ1) is 35.7. The molecule has 0 aromatic rings. The summed E-state index contributed by atoms with van der Waals surface area (Å²) in [5.74, 6) is 0. The van der Waals surface area contributed by atoms with Gasteiger partial charge in [-0.1, -0.05) is 0 Å². The molecule has 22 nitrogen and oxygen atoms in total. The van der Waals surface area contributed by atoms with E-state index in [0.717, 1.165) is 0 Å². The number of hydrogen-bond acceptors (Lipinski definition) is 20. The predicted octanol–water partition coefficient (Wildman–Crippen LogP) is -7.92. The molecule has 3 fully saturated rings. The maximum Gasteiger partial charge on any atom is 0.397 e. The third kappa shape index (κ3) is 8.46. The molecule has 0 aromatic heterocycles. The molecule has 0 spiro atoms. The van der Waals surface area contributed by atoms with Crippen LogP contribution in [0.5, 0.6) is 0 Å². The summed E-state index contributed by atoms with van der Waals surface area (Å²) in [6, 6.07) is 0. The van der Waals surface area contributed by atoms with Crippen molar-refractivity contribution >= 4 is 20.8 Å². The molecule has 3 heterocycles. The van der Waals surface area contributed by atoms with Gasteiger partial charge in [0.25, 0.3) is 0 Å². The molecule has 1 unspecified atom stereocenters. The van der Waals surface area contributed by atoms with Crippen molar-refractivity contribution in [2.24, 2.45) is 0 Å². The zero-order chi connectivity index (χ0) is 31.7. The summed E-state index contributed by atoms with van der Waals surface area (Å²) in [5, 5.41) is 89.9. The van der Waals surface area contributed by atoms with E-state index in [2.05, 4.69) is 8.37 Å². The maximum absolute atomic E-state index is 11.5. The van der Waals surface area contributed by atoms with Gasteiger partial charge >= 0.3 is 20.8 Å². The molecule has 3 rings (SSSR count). The lowest BCUT2D eigenvalue weighted by atomic mass is 9.97. The standard InChI is InChI=1S/C18H32O22S2/c19-1-4-7(21)9(23)11(25)17(36-4)34-3-6-13(14(39-41(28,29)30)12(26)16(27)35-6)38-18-15(40-42(31,32)33)10(24)8(22)5(2-20)37-18/h4-27H,1-3H2,(H,28,29,30)(H,31,32,33)/t4-,5-,6-,7-,8+,9+,10+,11-,12-,13+,14-,15-,16?,17-,18+/m1/s1. The van der Waals surface area contributed by atoms with Gasteiger partial charge in [-0.2, -0.15) is 16.8 Å². The summed E-state index contributed by atoms with van der Waals surface area (Å²) < 4.78 is 99.2. The van der Waals surface area contributed by atoms with Crippen LogP contribution in [0.2, 0.25) is 0 Å². The Morgan fingerprint density at radius 2 is 1.05 bits per heavy atom. The lowest BCUT2D eigenvalue weighted by Crippen LogP contribution is -2.66. The molecule has 0 saturated carbocycles. The second-order valence-corrected chi connectivity index (χ2v) is 11.5. The Kier molecular flexibility index (Phi) is 12.0. The summed E-state index contributed by atoms with van der Waals surface area (Å²) >= 11 is 0. The van der Waals surface area contributed by atoms with E-state index in [0.29, 0.717) is 0 Å². The van der Waals surface area contributed by atoms with E-state index in [1.807, 2.05) is 0 Å². The third-order valence-electron chi connectivity index (χ3n) is 6.49. The van der Waals surface area contributed by atoms with Crippen LogP contribution >= 0.6 is 0 Å². The van der Waals surface area contributed by atoms with E-state index in [1.54, 1.807) is 0 Å². The van der Waals surface area contributed by atoms with E-state index in [4.69, 9.17) is 28.2 Å². The van der Waals surface area contributed by atoms with Gasteiger partial charge < -0.3 is 69.6 Å². The van der Waals surface area contributed by atoms with Gasteiger partial charge in [0.05, 0.1) is 19.8 Å². The first-order valence-corrected chi connectivity index (χ1v) is 14.6. The second kappa shape index (κ2) is 14.1. The Morgan fingerprint density at radius 3 is 1.57 bits per heavy atom. The normalized spacial score (nSPS) is 45.5. The molecule has 0 aromatic carbocycles. The van der Waals surface area contributed by atoms with Crippen molar-refractivity contribution in [3.05, 3.63) is 0 Å². The fourth-order valence-corrected chi connectivity index (χ4v) is 5.40. The van der Waals surface area contributed by atoms with Crippen LogP contribution in [0.1, 0.15) is 0 Å². The van der Waals surface area contributed by atoms with Gasteiger partial charge in [-0.05, 0) is 0 Å². The van der Waals surface area contributed by atoms with Crippen LogP contribution in [0.4, 0.5) is 0 Å². The molecule has 11 N–H and O–H groups in total. The second-order valence-electron chi connectivity index (χ2n) is 9.37. The van der Waals surface area contributed by atoms with Crippen molar-refractivity contribution in [2.45, 2.75) is 92.1 Å². The summed E-state index contributed by atoms with van der Waals surface area (Å²) in [5.41, 5.74) is 0. The Bertz CT molecular complexity index is 1090. The van der Waals surface area contributed by atoms with E-state index >= 15 is 0 Å². The highest BCUT2D eigenvalue weighted by Gasteiger charge is 2.54. The van der Waals surface area contributed by atoms with Gasteiger partial charge in [0.15, 0.2) is 25.0 Å². The first-order valence-electron chi connectivity index (χ1n) is 11.9. The van der Waals surface area contributed by atoms with Gasteiger partial charge in [0.2, 0.25) is 0 Å². The Morgan fingerprint density at radius 1 is 0.548 bits per heavy atom. The van der Waals surface area contributed by atoms with Crippen molar-refractivity contribution in [1.82, 2.24) is 0 Å². The number of hydrogen-bond donors (Lipinski definition) is 11. The zero-order valence-corrected chi connectivity index (χ0v) is 22.6. The topological polar surface area (TPSA) is 355 Å². The molecule has 248 valence electrons. The van der Waals surface area contributed by atoms with E-state index in [1.165, 1.54) is 0 Å². The van der Waals surface area contributed by atoms with Gasteiger partial charge in [0.1, 0.15) is 67.1 Å². The molecule has 42 heavy (non-hydrogen) atoms. The molecule has 0 radical (unpaired) electrons. The summed E-state index contributed by atoms with van der Waals surface area (Å²) in [6.45, 7) is -2.82. The van der Waals surface area contributed by atoms with Crippen LogP contribution in [0.25, 0.3) is 0 Å². The van der Waals surface area contributed by atoms with Gasteiger partial charge in [-0.15, -0.1) is 0 Å². The lowest BCUT2D eigenvalue weighted by Gasteiger charge is -2.47. The molecule has 24 heteroatoms. The molecule has 3 aliphatic heterocycles. The average Bonchev–Trinajstić information content (AvgIpc) is 2.89. The maximum atomic E-state index is 11.5. The SMILES string of the molecule is O=S(=O)(O)O[C@H]1[C@H](O[C@@H]2[C@H](OS(=O)(=O)O)[C@@H](O)C(O)O[C@@H]2CO[C@@H]2O[C@H](CO)[C@@H](O)[C@H](O)[C@H]2O)O[C@H](CO)[C@H](O)[C@@H]1O. The smallest absolute Gasteiger partial charge is 0.394 e. The fraction of sp³-hybridized carbons (Fsp3) is 1.00. The Labute approximate surface area is 237 Å². The van der Waals surface area contributed by atoms with E-state index < -0.39 is 133 Å². The molecule has 15 atom stereocenters. The van der Waals surface area contributed by atoms with Crippen LogP contribution in [-0.2, 0) is 52.8 Å². The highest BCUT2D eigenvalue weighted by Crippen LogP contribution is 2.33. The quantitative estimate of drug-likeness (QED) is 0.0913. The van der Waals surface area contributed by atoms with Crippen molar-refractivity contribution < 1.29 is 104 Å². The van der Waals surface area contributed by atoms with E-state index in [9.17, 15) is 67.3 Å². The molecule has 3 saturated heterocycles.